The lowest BCUT2D eigenvalue weighted by atomic mass is 9.91. The van der Waals surface area contributed by atoms with Crippen molar-refractivity contribution in [1.29, 1.82) is 0 Å². The fourth-order valence-corrected chi connectivity index (χ4v) is 5.51. The number of rotatable bonds is 9. The molecule has 5 rings (SSSR count). The van der Waals surface area contributed by atoms with Crippen molar-refractivity contribution in [3.8, 4) is 11.5 Å². The molecule has 0 unspecified atom stereocenters. The maximum absolute atomic E-state index is 13.1. The van der Waals surface area contributed by atoms with Crippen LogP contribution in [0.15, 0.2) is 48.5 Å². The highest BCUT2D eigenvalue weighted by molar-refractivity contribution is 5.95. The molecule has 1 aromatic heterocycles. The Morgan fingerprint density at radius 3 is 2.44 bits per heavy atom. The summed E-state index contributed by atoms with van der Waals surface area (Å²) in [5.41, 5.74) is 4.11. The zero-order chi connectivity index (χ0) is 27.2. The van der Waals surface area contributed by atoms with E-state index in [1.165, 1.54) is 24.1 Å². The number of carbonyl (C=O) groups excluding carboxylic acids is 1. The monoisotopic (exact) mass is 529 g/mol. The van der Waals surface area contributed by atoms with Crippen LogP contribution in [0, 0.1) is 0 Å². The summed E-state index contributed by atoms with van der Waals surface area (Å²) in [6.45, 7) is 0.406. The first-order valence-electron chi connectivity index (χ1n) is 14.0. The summed E-state index contributed by atoms with van der Waals surface area (Å²) in [4.78, 5) is 24.9. The number of benzene rings is 2. The standard InChI is InChI=1S/C31H39N5O3/c1-36(2)29-25-11-7-8-12-26(25)34-31(35-29)33-24-16-14-23(15-17-24)32-30(37)22-13-18-27(38-3)28(19-22)39-20-21-9-5-4-6-10-21/h4-6,9-10,13,18-19,23-24H,7-8,11-12,14-17,20H2,1-3H3,(H,32,37)(H,33,34,35). The molecular weight excluding hydrogens is 490 g/mol. The average Bonchev–Trinajstić information content (AvgIpc) is 2.97. The van der Waals surface area contributed by atoms with Crippen molar-refractivity contribution in [3.63, 3.8) is 0 Å². The predicted octanol–water partition coefficient (Wildman–Crippen LogP) is 5.16. The molecule has 1 saturated carbocycles. The first-order chi connectivity index (χ1) is 19.0. The van der Waals surface area contributed by atoms with E-state index in [9.17, 15) is 4.79 Å². The van der Waals surface area contributed by atoms with E-state index < -0.39 is 0 Å². The van der Waals surface area contributed by atoms with Crippen LogP contribution < -0.4 is 25.0 Å². The molecule has 0 atom stereocenters. The number of amides is 1. The first-order valence-corrected chi connectivity index (χ1v) is 14.0. The summed E-state index contributed by atoms with van der Waals surface area (Å²) in [6, 6.07) is 15.7. The Bertz CT molecular complexity index is 1270. The number of carbonyl (C=O) groups is 1. The van der Waals surface area contributed by atoms with Crippen LogP contribution in [0.1, 0.15) is 65.7 Å². The zero-order valence-corrected chi connectivity index (χ0v) is 23.2. The molecule has 0 bridgehead atoms. The number of hydrogen-bond acceptors (Lipinski definition) is 7. The van der Waals surface area contributed by atoms with Crippen LogP contribution in [-0.2, 0) is 19.4 Å². The highest BCUT2D eigenvalue weighted by atomic mass is 16.5. The topological polar surface area (TPSA) is 88.6 Å². The van der Waals surface area contributed by atoms with Crippen LogP contribution in [0.5, 0.6) is 11.5 Å². The number of nitrogens with zero attached hydrogens (tertiary/aromatic N) is 3. The maximum Gasteiger partial charge on any atom is 0.251 e. The van der Waals surface area contributed by atoms with Crippen molar-refractivity contribution >= 4 is 17.7 Å². The van der Waals surface area contributed by atoms with Gasteiger partial charge in [0.2, 0.25) is 5.95 Å². The summed E-state index contributed by atoms with van der Waals surface area (Å²) >= 11 is 0. The normalized spacial score (nSPS) is 18.5. The van der Waals surface area contributed by atoms with Crippen LogP contribution in [0.25, 0.3) is 0 Å². The minimum atomic E-state index is -0.0905. The van der Waals surface area contributed by atoms with Crippen LogP contribution in [0.2, 0.25) is 0 Å². The van der Waals surface area contributed by atoms with Gasteiger partial charge in [-0.25, -0.2) is 4.98 Å². The SMILES string of the molecule is COc1ccc(C(=O)NC2CCC(Nc3nc4c(c(N(C)C)n3)CCCC4)CC2)cc1OCc1ccccc1. The van der Waals surface area contributed by atoms with Gasteiger partial charge in [0, 0.05) is 37.3 Å². The van der Waals surface area contributed by atoms with Gasteiger partial charge < -0.3 is 25.0 Å². The molecule has 3 aromatic rings. The van der Waals surface area contributed by atoms with E-state index >= 15 is 0 Å². The van der Waals surface area contributed by atoms with E-state index in [1.807, 2.05) is 30.3 Å². The van der Waals surface area contributed by atoms with Gasteiger partial charge in [-0.1, -0.05) is 30.3 Å². The number of aromatic nitrogens is 2. The van der Waals surface area contributed by atoms with Crippen molar-refractivity contribution in [2.45, 2.75) is 70.1 Å². The number of aryl methyl sites for hydroxylation is 1. The average molecular weight is 530 g/mol. The third kappa shape index (κ3) is 6.61. The second kappa shape index (κ2) is 12.4. The minimum absolute atomic E-state index is 0.0905. The molecule has 2 aromatic carbocycles. The van der Waals surface area contributed by atoms with E-state index in [2.05, 4.69) is 29.6 Å². The van der Waals surface area contributed by atoms with E-state index in [-0.39, 0.29) is 11.9 Å². The van der Waals surface area contributed by atoms with Gasteiger partial charge in [0.15, 0.2) is 11.5 Å². The summed E-state index contributed by atoms with van der Waals surface area (Å²) < 4.78 is 11.4. The smallest absolute Gasteiger partial charge is 0.251 e. The number of fused-ring (bicyclic) bond motifs is 1. The Labute approximate surface area is 231 Å². The predicted molar refractivity (Wildman–Crippen MR) is 154 cm³/mol. The maximum atomic E-state index is 13.1. The van der Waals surface area contributed by atoms with Crippen LogP contribution >= 0.6 is 0 Å². The third-order valence-corrected chi connectivity index (χ3v) is 7.64. The summed E-state index contributed by atoms with van der Waals surface area (Å²) in [5.74, 6) is 2.84. The number of ether oxygens (including phenoxy) is 2. The Kier molecular flexibility index (Phi) is 8.49. The van der Waals surface area contributed by atoms with E-state index in [1.54, 1.807) is 25.3 Å². The Balaban J connectivity index is 1.16. The van der Waals surface area contributed by atoms with Gasteiger partial charge in [-0.15, -0.1) is 0 Å². The molecule has 1 amide bonds. The molecule has 0 radical (unpaired) electrons. The molecule has 0 spiro atoms. The summed E-state index contributed by atoms with van der Waals surface area (Å²) in [7, 11) is 5.71. The van der Waals surface area contributed by atoms with Crippen molar-refractivity contribution < 1.29 is 14.3 Å². The molecule has 8 nitrogen and oxygen atoms in total. The van der Waals surface area contributed by atoms with Gasteiger partial charge in [0.25, 0.3) is 5.91 Å². The van der Waals surface area contributed by atoms with Crippen LogP contribution in [-0.4, -0.2) is 49.2 Å². The summed E-state index contributed by atoms with van der Waals surface area (Å²) in [5, 5.41) is 6.81. The van der Waals surface area contributed by atoms with Gasteiger partial charge in [-0.3, -0.25) is 4.79 Å². The molecule has 2 aliphatic carbocycles. The second-order valence-electron chi connectivity index (χ2n) is 10.7. The molecule has 1 fully saturated rings. The fourth-order valence-electron chi connectivity index (χ4n) is 5.51. The van der Waals surface area contributed by atoms with Gasteiger partial charge in [0.1, 0.15) is 12.4 Å². The lowest BCUT2D eigenvalue weighted by molar-refractivity contribution is 0.0926. The molecule has 39 heavy (non-hydrogen) atoms. The van der Waals surface area contributed by atoms with Gasteiger partial charge in [0.05, 0.1) is 12.8 Å². The molecule has 2 N–H and O–H groups in total. The highest BCUT2D eigenvalue weighted by Crippen LogP contribution is 2.31. The molecule has 0 saturated heterocycles. The van der Waals surface area contributed by atoms with E-state index in [4.69, 9.17) is 19.4 Å². The van der Waals surface area contributed by atoms with E-state index in [0.717, 1.165) is 55.9 Å². The summed E-state index contributed by atoms with van der Waals surface area (Å²) in [6.07, 6.45) is 8.20. The lowest BCUT2D eigenvalue weighted by Gasteiger charge is -2.30. The quantitative estimate of drug-likeness (QED) is 0.396. The molecular formula is C31H39N5O3. The Morgan fingerprint density at radius 2 is 1.69 bits per heavy atom. The van der Waals surface area contributed by atoms with E-state index in [0.29, 0.717) is 29.7 Å². The van der Waals surface area contributed by atoms with Crippen LogP contribution in [0.4, 0.5) is 11.8 Å². The van der Waals surface area contributed by atoms with Crippen molar-refractivity contribution in [3.05, 3.63) is 70.9 Å². The Hall–Kier alpha value is -3.81. The van der Waals surface area contributed by atoms with Crippen LogP contribution in [0.3, 0.4) is 0 Å². The Morgan fingerprint density at radius 1 is 0.949 bits per heavy atom. The molecule has 1 heterocycles. The largest absolute Gasteiger partial charge is 0.493 e. The third-order valence-electron chi connectivity index (χ3n) is 7.64. The second-order valence-corrected chi connectivity index (χ2v) is 10.7. The minimum Gasteiger partial charge on any atom is -0.493 e. The lowest BCUT2D eigenvalue weighted by Crippen LogP contribution is -2.40. The number of nitrogens with one attached hydrogen (secondary N) is 2. The first kappa shape index (κ1) is 26.8. The van der Waals surface area contributed by atoms with Gasteiger partial charge in [-0.2, -0.15) is 4.98 Å². The number of hydrogen-bond donors (Lipinski definition) is 2. The van der Waals surface area contributed by atoms with Crippen molar-refractivity contribution in [2.75, 3.05) is 31.4 Å². The molecule has 0 aliphatic heterocycles. The van der Waals surface area contributed by atoms with Crippen molar-refractivity contribution in [2.24, 2.45) is 0 Å². The zero-order valence-electron chi connectivity index (χ0n) is 23.2. The van der Waals surface area contributed by atoms with Gasteiger partial charge in [-0.05, 0) is 75.1 Å². The van der Waals surface area contributed by atoms with Gasteiger partial charge >= 0.3 is 0 Å². The fraction of sp³-hybridized carbons (Fsp3) is 0.452. The molecule has 206 valence electrons. The molecule has 2 aliphatic rings. The number of methoxy groups -OCH3 is 1. The van der Waals surface area contributed by atoms with Crippen molar-refractivity contribution in [1.82, 2.24) is 15.3 Å². The molecule has 8 heteroatoms. The highest BCUT2D eigenvalue weighted by Gasteiger charge is 2.25. The number of anilines is 2.